The molecule has 0 amide bonds. The molecular formula is C14H19F2O. The van der Waals surface area contributed by atoms with Crippen molar-refractivity contribution in [2.75, 3.05) is 0 Å². The normalized spacial score (nSPS) is 11.2. The number of benzene rings is 1. The van der Waals surface area contributed by atoms with Crippen molar-refractivity contribution in [3.8, 4) is 5.75 Å². The molecule has 0 N–H and O–H groups in total. The van der Waals surface area contributed by atoms with Crippen LogP contribution < -0.4 is 4.74 Å². The van der Waals surface area contributed by atoms with Gasteiger partial charge in [-0.25, -0.2) is 0 Å². The van der Waals surface area contributed by atoms with Gasteiger partial charge in [0, 0.05) is 0 Å². The molecule has 0 aliphatic rings. The molecule has 0 aromatic heterocycles. The Morgan fingerprint density at radius 1 is 1.24 bits per heavy atom. The molecule has 0 saturated carbocycles. The molecule has 1 aromatic carbocycles. The Kier molecular flexibility index (Phi) is 5.39. The summed E-state index contributed by atoms with van der Waals surface area (Å²) < 4.78 is 28.9. The van der Waals surface area contributed by atoms with E-state index < -0.39 is 6.61 Å². The summed E-state index contributed by atoms with van der Waals surface area (Å²) in [5.41, 5.74) is 2.02. The third kappa shape index (κ3) is 4.72. The monoisotopic (exact) mass is 241 g/mol. The molecule has 0 aliphatic heterocycles. The summed E-state index contributed by atoms with van der Waals surface area (Å²) in [5, 5.41) is 0. The van der Waals surface area contributed by atoms with Crippen molar-refractivity contribution in [3.05, 3.63) is 35.2 Å². The zero-order valence-corrected chi connectivity index (χ0v) is 10.6. The Balaban J connectivity index is 2.92. The lowest BCUT2D eigenvalue weighted by Gasteiger charge is -2.12. The first-order valence-electron chi connectivity index (χ1n) is 5.92. The van der Waals surface area contributed by atoms with Gasteiger partial charge in [-0.15, -0.1) is 0 Å². The van der Waals surface area contributed by atoms with Crippen molar-refractivity contribution in [2.24, 2.45) is 0 Å². The van der Waals surface area contributed by atoms with Crippen LogP contribution in [0.5, 0.6) is 5.75 Å². The fourth-order valence-electron chi connectivity index (χ4n) is 1.65. The quantitative estimate of drug-likeness (QED) is 0.707. The SMILES string of the molecule is CCCCc1cc(OC(F)F)cc([C](C)C)c1. The van der Waals surface area contributed by atoms with Crippen molar-refractivity contribution < 1.29 is 13.5 Å². The van der Waals surface area contributed by atoms with E-state index in [9.17, 15) is 8.78 Å². The zero-order valence-electron chi connectivity index (χ0n) is 10.6. The van der Waals surface area contributed by atoms with Gasteiger partial charge in [-0.05, 0) is 42.0 Å². The van der Waals surface area contributed by atoms with Crippen LogP contribution in [0.3, 0.4) is 0 Å². The van der Waals surface area contributed by atoms with Crippen molar-refractivity contribution >= 4 is 0 Å². The predicted octanol–water partition coefficient (Wildman–Crippen LogP) is 4.59. The summed E-state index contributed by atoms with van der Waals surface area (Å²) in [6, 6.07) is 5.41. The van der Waals surface area contributed by atoms with Gasteiger partial charge in [0.1, 0.15) is 5.75 Å². The number of rotatable bonds is 6. The number of aryl methyl sites for hydroxylation is 1. The van der Waals surface area contributed by atoms with Crippen LogP contribution in [0, 0.1) is 5.92 Å². The third-order valence-corrected chi connectivity index (χ3v) is 2.59. The molecule has 0 heterocycles. The minimum Gasteiger partial charge on any atom is -0.435 e. The van der Waals surface area contributed by atoms with Gasteiger partial charge in [-0.3, -0.25) is 0 Å². The third-order valence-electron chi connectivity index (χ3n) is 2.59. The largest absolute Gasteiger partial charge is 0.435 e. The summed E-state index contributed by atoms with van der Waals surface area (Å²) in [6.45, 7) is 3.27. The molecule has 1 rings (SSSR count). The topological polar surface area (TPSA) is 9.23 Å². The summed E-state index contributed by atoms with van der Waals surface area (Å²) in [5.74, 6) is 1.35. The molecule has 1 radical (unpaired) electrons. The number of hydrogen-bond acceptors (Lipinski definition) is 1. The van der Waals surface area contributed by atoms with E-state index >= 15 is 0 Å². The first kappa shape index (κ1) is 13.9. The van der Waals surface area contributed by atoms with Crippen molar-refractivity contribution in [2.45, 2.75) is 46.6 Å². The van der Waals surface area contributed by atoms with Gasteiger partial charge in [0.05, 0.1) is 0 Å². The second kappa shape index (κ2) is 6.58. The molecule has 0 bridgehead atoms. The minimum atomic E-state index is -2.76. The van der Waals surface area contributed by atoms with E-state index in [4.69, 9.17) is 0 Å². The number of unbranched alkanes of at least 4 members (excludes halogenated alkanes) is 1. The van der Waals surface area contributed by atoms with Crippen LogP contribution in [-0.4, -0.2) is 6.61 Å². The molecule has 0 saturated heterocycles. The molecule has 0 atom stereocenters. The van der Waals surface area contributed by atoms with Crippen molar-refractivity contribution in [1.29, 1.82) is 0 Å². The lowest BCUT2D eigenvalue weighted by molar-refractivity contribution is -0.0499. The van der Waals surface area contributed by atoms with Crippen LogP contribution in [0.2, 0.25) is 0 Å². The summed E-state index contributed by atoms with van der Waals surface area (Å²) >= 11 is 0. The van der Waals surface area contributed by atoms with Gasteiger partial charge in [0.25, 0.3) is 0 Å². The van der Waals surface area contributed by atoms with E-state index in [1.165, 1.54) is 0 Å². The van der Waals surface area contributed by atoms with Crippen LogP contribution in [-0.2, 0) is 6.42 Å². The fraction of sp³-hybridized carbons (Fsp3) is 0.500. The number of ether oxygens (including phenoxy) is 1. The maximum Gasteiger partial charge on any atom is 0.387 e. The molecule has 1 aromatic rings. The molecule has 0 unspecified atom stereocenters. The fourth-order valence-corrected chi connectivity index (χ4v) is 1.65. The highest BCUT2D eigenvalue weighted by Gasteiger charge is 2.09. The van der Waals surface area contributed by atoms with Gasteiger partial charge < -0.3 is 4.74 Å². The van der Waals surface area contributed by atoms with E-state index in [2.05, 4.69) is 11.7 Å². The zero-order chi connectivity index (χ0) is 12.8. The Bertz CT molecular complexity index is 348. The molecule has 0 aliphatic carbocycles. The van der Waals surface area contributed by atoms with Crippen LogP contribution in [0.25, 0.3) is 0 Å². The summed E-state index contributed by atoms with van der Waals surface area (Å²) in [4.78, 5) is 0. The highest BCUT2D eigenvalue weighted by molar-refractivity contribution is 5.40. The highest BCUT2D eigenvalue weighted by Crippen LogP contribution is 2.24. The molecule has 3 heteroatoms. The van der Waals surface area contributed by atoms with Crippen LogP contribution >= 0.6 is 0 Å². The number of hydrogen-bond donors (Lipinski definition) is 0. The average Bonchev–Trinajstić information content (AvgIpc) is 2.25. The second-order valence-electron chi connectivity index (χ2n) is 4.35. The smallest absolute Gasteiger partial charge is 0.387 e. The van der Waals surface area contributed by atoms with Crippen LogP contribution in [0.1, 0.15) is 44.7 Å². The maximum atomic E-state index is 12.2. The van der Waals surface area contributed by atoms with E-state index in [-0.39, 0.29) is 5.75 Å². The Labute approximate surface area is 102 Å². The molecule has 95 valence electrons. The standard InChI is InChI=1S/C14H19F2O/c1-4-5-6-11-7-12(10(2)3)9-13(8-11)17-14(15)16/h7-9,14H,4-6H2,1-3H3. The summed E-state index contributed by atoms with van der Waals surface area (Å²) in [7, 11) is 0. The van der Waals surface area contributed by atoms with E-state index in [0.717, 1.165) is 36.3 Å². The lowest BCUT2D eigenvalue weighted by Crippen LogP contribution is -2.03. The van der Waals surface area contributed by atoms with Gasteiger partial charge in [-0.1, -0.05) is 33.3 Å². The van der Waals surface area contributed by atoms with E-state index in [0.29, 0.717) is 0 Å². The van der Waals surface area contributed by atoms with Crippen molar-refractivity contribution in [3.63, 3.8) is 0 Å². The molecule has 17 heavy (non-hydrogen) atoms. The first-order valence-corrected chi connectivity index (χ1v) is 5.92. The number of alkyl halides is 2. The van der Waals surface area contributed by atoms with E-state index in [1.807, 2.05) is 19.9 Å². The lowest BCUT2D eigenvalue weighted by atomic mass is 9.98. The Morgan fingerprint density at radius 2 is 1.94 bits per heavy atom. The first-order chi connectivity index (χ1) is 8.02. The van der Waals surface area contributed by atoms with Gasteiger partial charge >= 0.3 is 6.61 Å². The van der Waals surface area contributed by atoms with Crippen LogP contribution in [0.4, 0.5) is 8.78 Å². The van der Waals surface area contributed by atoms with Gasteiger partial charge in [-0.2, -0.15) is 8.78 Å². The molecule has 0 fully saturated rings. The highest BCUT2D eigenvalue weighted by atomic mass is 19.3. The summed E-state index contributed by atoms with van der Waals surface area (Å²) in [6.07, 6.45) is 3.04. The van der Waals surface area contributed by atoms with Crippen molar-refractivity contribution in [1.82, 2.24) is 0 Å². The van der Waals surface area contributed by atoms with Gasteiger partial charge in [0.2, 0.25) is 0 Å². The number of halogens is 2. The van der Waals surface area contributed by atoms with Gasteiger partial charge in [0.15, 0.2) is 0 Å². The average molecular weight is 241 g/mol. The second-order valence-corrected chi connectivity index (χ2v) is 4.35. The van der Waals surface area contributed by atoms with E-state index in [1.54, 1.807) is 12.1 Å². The Hall–Kier alpha value is -1.12. The molecular weight excluding hydrogens is 222 g/mol. The molecule has 0 spiro atoms. The predicted molar refractivity (Wildman–Crippen MR) is 65.4 cm³/mol. The molecule has 1 nitrogen and oxygen atoms in total. The van der Waals surface area contributed by atoms with Crippen LogP contribution in [0.15, 0.2) is 18.2 Å². The Morgan fingerprint density at radius 3 is 2.47 bits per heavy atom. The maximum absolute atomic E-state index is 12.2. The minimum absolute atomic E-state index is 0.254.